The number of rotatable bonds is 6. The van der Waals surface area contributed by atoms with Crippen LogP contribution in [0.1, 0.15) is 5.56 Å². The van der Waals surface area contributed by atoms with E-state index in [0.717, 1.165) is 42.1 Å². The van der Waals surface area contributed by atoms with Crippen LogP contribution in [0.2, 0.25) is 0 Å². The van der Waals surface area contributed by atoms with Gasteiger partial charge in [-0.2, -0.15) is 13.2 Å². The Morgan fingerprint density at radius 3 is 2.19 bits per heavy atom. The minimum atomic E-state index is -4.75. The van der Waals surface area contributed by atoms with Gasteiger partial charge in [0.15, 0.2) is 0 Å². The van der Waals surface area contributed by atoms with E-state index in [0.29, 0.717) is 12.1 Å². The summed E-state index contributed by atoms with van der Waals surface area (Å²) in [4.78, 5) is 10.3. The van der Waals surface area contributed by atoms with Crippen molar-refractivity contribution >= 4 is 33.2 Å². The molecule has 3 rings (SSSR count). The van der Waals surface area contributed by atoms with Crippen molar-refractivity contribution in [1.82, 2.24) is 0 Å². The molecule has 0 heterocycles. The van der Waals surface area contributed by atoms with Crippen LogP contribution in [-0.2, 0) is 16.2 Å². The van der Waals surface area contributed by atoms with E-state index in [1.807, 2.05) is 0 Å². The van der Waals surface area contributed by atoms with Crippen molar-refractivity contribution in [2.45, 2.75) is 20.9 Å². The first kappa shape index (κ1) is 22.6. The Balaban J connectivity index is 1.96. The summed E-state index contributed by atoms with van der Waals surface area (Å²) >= 11 is 0.731. The van der Waals surface area contributed by atoms with E-state index in [9.17, 15) is 36.1 Å². The van der Waals surface area contributed by atoms with E-state index in [-0.39, 0.29) is 20.4 Å². The maximum atomic E-state index is 13.1. The van der Waals surface area contributed by atoms with Gasteiger partial charge in [0.05, 0.1) is 26.0 Å². The van der Waals surface area contributed by atoms with Crippen molar-refractivity contribution in [1.29, 1.82) is 0 Å². The van der Waals surface area contributed by atoms with Gasteiger partial charge in [-0.05, 0) is 48.5 Å². The molecule has 0 aliphatic heterocycles. The third-order valence-electron chi connectivity index (χ3n) is 3.96. The smallest absolute Gasteiger partial charge is 0.278 e. The van der Waals surface area contributed by atoms with Crippen LogP contribution in [-0.4, -0.2) is 13.3 Å². The number of nitro groups is 1. The van der Waals surface area contributed by atoms with Gasteiger partial charge in [0.2, 0.25) is 0 Å². The number of hydrogen-bond donors (Lipinski definition) is 1. The Morgan fingerprint density at radius 2 is 1.58 bits per heavy atom. The van der Waals surface area contributed by atoms with Crippen molar-refractivity contribution in [3.05, 3.63) is 88.2 Å². The van der Waals surface area contributed by atoms with Crippen LogP contribution in [0.25, 0.3) is 0 Å². The number of nitrogens with one attached hydrogen (secondary N) is 1. The summed E-state index contributed by atoms with van der Waals surface area (Å²) in [6.45, 7) is 0. The van der Waals surface area contributed by atoms with E-state index in [2.05, 4.69) is 4.72 Å². The summed E-state index contributed by atoms with van der Waals surface area (Å²) in [7, 11) is -4.11. The summed E-state index contributed by atoms with van der Waals surface area (Å²) in [5, 5.41) is 11.3. The van der Waals surface area contributed by atoms with Crippen LogP contribution < -0.4 is 4.72 Å². The summed E-state index contributed by atoms with van der Waals surface area (Å²) in [6, 6.07) is 12.0. The summed E-state index contributed by atoms with van der Waals surface area (Å²) in [6.07, 6.45) is -4.75. The van der Waals surface area contributed by atoms with E-state index in [1.54, 1.807) is 0 Å². The Kier molecular flexibility index (Phi) is 6.23. The van der Waals surface area contributed by atoms with Crippen LogP contribution in [0, 0.1) is 15.9 Å². The van der Waals surface area contributed by atoms with Gasteiger partial charge in [-0.1, -0.05) is 23.9 Å². The Morgan fingerprint density at radius 1 is 0.935 bits per heavy atom. The van der Waals surface area contributed by atoms with Crippen LogP contribution in [0.4, 0.5) is 28.9 Å². The minimum absolute atomic E-state index is 0.0472. The molecule has 0 aromatic heterocycles. The average Bonchev–Trinajstić information content (AvgIpc) is 2.69. The highest BCUT2D eigenvalue weighted by Crippen LogP contribution is 2.41. The fourth-order valence-electron chi connectivity index (χ4n) is 2.50. The van der Waals surface area contributed by atoms with Gasteiger partial charge in [0, 0.05) is 11.0 Å². The third-order valence-corrected chi connectivity index (χ3v) is 6.48. The molecule has 0 bridgehead atoms. The second-order valence-electron chi connectivity index (χ2n) is 6.10. The van der Waals surface area contributed by atoms with Crippen molar-refractivity contribution in [3.8, 4) is 0 Å². The van der Waals surface area contributed by atoms with Crippen molar-refractivity contribution in [3.63, 3.8) is 0 Å². The summed E-state index contributed by atoms with van der Waals surface area (Å²) < 4.78 is 79.2. The fourth-order valence-corrected chi connectivity index (χ4v) is 4.63. The maximum Gasteiger partial charge on any atom is 0.416 e. The predicted octanol–water partition coefficient (Wildman–Crippen LogP) is 5.70. The minimum Gasteiger partial charge on any atom is -0.278 e. The Labute approximate surface area is 178 Å². The van der Waals surface area contributed by atoms with Gasteiger partial charge >= 0.3 is 6.18 Å². The van der Waals surface area contributed by atoms with Gasteiger partial charge < -0.3 is 0 Å². The first-order valence-corrected chi connectivity index (χ1v) is 10.7. The molecule has 0 fully saturated rings. The van der Waals surface area contributed by atoms with Gasteiger partial charge in [0.25, 0.3) is 15.7 Å². The molecule has 162 valence electrons. The molecule has 0 saturated heterocycles. The zero-order chi connectivity index (χ0) is 22.8. The molecule has 0 radical (unpaired) electrons. The lowest BCUT2D eigenvalue weighted by atomic mass is 10.2. The quantitative estimate of drug-likeness (QED) is 0.282. The fraction of sp³-hybridized carbons (Fsp3) is 0.0526. The van der Waals surface area contributed by atoms with E-state index >= 15 is 0 Å². The lowest BCUT2D eigenvalue weighted by molar-refractivity contribution is -0.388. The number of sulfonamides is 1. The van der Waals surface area contributed by atoms with Crippen LogP contribution in [0.5, 0.6) is 0 Å². The normalized spacial score (nSPS) is 11.9. The molecular formula is C19H12F4N2O4S2. The number of halogens is 4. The molecule has 0 unspecified atom stereocenters. The molecule has 0 atom stereocenters. The Bertz CT molecular complexity index is 1230. The highest BCUT2D eigenvalue weighted by atomic mass is 32.2. The van der Waals surface area contributed by atoms with Crippen LogP contribution >= 0.6 is 11.8 Å². The maximum absolute atomic E-state index is 13.1. The van der Waals surface area contributed by atoms with Crippen molar-refractivity contribution in [2.24, 2.45) is 0 Å². The first-order chi connectivity index (χ1) is 14.5. The molecule has 3 aromatic carbocycles. The zero-order valence-electron chi connectivity index (χ0n) is 15.3. The second-order valence-corrected chi connectivity index (χ2v) is 8.86. The molecule has 0 aliphatic rings. The molecule has 0 saturated carbocycles. The summed E-state index contributed by atoms with van der Waals surface area (Å²) in [5.74, 6) is -0.621. The number of para-hydroxylation sites is 1. The number of hydrogen-bond acceptors (Lipinski definition) is 5. The first-order valence-electron chi connectivity index (χ1n) is 8.38. The molecule has 12 heteroatoms. The predicted molar refractivity (Wildman–Crippen MR) is 106 cm³/mol. The van der Waals surface area contributed by atoms with E-state index < -0.39 is 38.2 Å². The molecule has 31 heavy (non-hydrogen) atoms. The highest BCUT2D eigenvalue weighted by molar-refractivity contribution is 7.99. The van der Waals surface area contributed by atoms with Gasteiger partial charge in [-0.15, -0.1) is 0 Å². The molecule has 1 N–H and O–H groups in total. The molecule has 6 nitrogen and oxygen atoms in total. The zero-order valence-corrected chi connectivity index (χ0v) is 16.9. The summed E-state index contributed by atoms with van der Waals surface area (Å²) in [5.41, 5.74) is -1.89. The molecule has 0 amide bonds. The number of nitrogens with zero attached hydrogens (tertiary/aromatic N) is 1. The number of nitro benzene ring substituents is 1. The van der Waals surface area contributed by atoms with E-state index in [1.165, 1.54) is 24.3 Å². The lowest BCUT2D eigenvalue weighted by Gasteiger charge is -2.13. The highest BCUT2D eigenvalue weighted by Gasteiger charge is 2.33. The third kappa shape index (κ3) is 5.33. The van der Waals surface area contributed by atoms with Crippen molar-refractivity contribution in [2.75, 3.05) is 4.72 Å². The molecular weight excluding hydrogens is 460 g/mol. The van der Waals surface area contributed by atoms with E-state index in [4.69, 9.17) is 0 Å². The van der Waals surface area contributed by atoms with Gasteiger partial charge in [-0.25, -0.2) is 12.8 Å². The Hall–Kier alpha value is -3.12. The number of anilines is 1. The van der Waals surface area contributed by atoms with Gasteiger partial charge in [0.1, 0.15) is 5.82 Å². The lowest BCUT2D eigenvalue weighted by Crippen LogP contribution is -2.13. The average molecular weight is 472 g/mol. The number of benzene rings is 3. The van der Waals surface area contributed by atoms with Crippen LogP contribution in [0.15, 0.2) is 81.4 Å². The topological polar surface area (TPSA) is 89.3 Å². The SMILES string of the molecule is O=[N+]([O-])c1cc(C(F)(F)F)ccc1Sc1ccccc1NS(=O)(=O)c1ccc(F)cc1. The second kappa shape index (κ2) is 8.55. The monoisotopic (exact) mass is 472 g/mol. The largest absolute Gasteiger partial charge is 0.416 e. The van der Waals surface area contributed by atoms with Gasteiger partial charge in [-0.3, -0.25) is 14.8 Å². The van der Waals surface area contributed by atoms with Crippen LogP contribution in [0.3, 0.4) is 0 Å². The molecule has 0 aliphatic carbocycles. The number of alkyl halides is 3. The van der Waals surface area contributed by atoms with Crippen molar-refractivity contribution < 1.29 is 30.9 Å². The standard InChI is InChI=1S/C19H12F4N2O4S2/c20-13-6-8-14(9-7-13)31(28,29)24-15-3-1-2-4-17(15)30-18-10-5-12(19(21,22)23)11-16(18)25(26)27/h1-11,24H. The molecule has 3 aromatic rings. The molecule has 0 spiro atoms.